The molecule has 1 aromatic carbocycles. The van der Waals surface area contributed by atoms with E-state index in [0.717, 1.165) is 12.5 Å². The van der Waals surface area contributed by atoms with Crippen molar-refractivity contribution < 1.29 is 32.2 Å². The van der Waals surface area contributed by atoms with Crippen LogP contribution in [0.3, 0.4) is 0 Å². The van der Waals surface area contributed by atoms with Crippen LogP contribution in [0.5, 0.6) is 11.6 Å². The zero-order valence-corrected chi connectivity index (χ0v) is 21.2. The highest BCUT2D eigenvalue weighted by atomic mass is 79.9. The molecule has 1 atom stereocenters. The summed E-state index contributed by atoms with van der Waals surface area (Å²) in [4.78, 5) is 16.4. The third kappa shape index (κ3) is 7.94. The van der Waals surface area contributed by atoms with Gasteiger partial charge < -0.3 is 19.5 Å². The van der Waals surface area contributed by atoms with Gasteiger partial charge in [0.15, 0.2) is 0 Å². The van der Waals surface area contributed by atoms with Crippen molar-refractivity contribution in [2.75, 3.05) is 6.61 Å². The van der Waals surface area contributed by atoms with Gasteiger partial charge in [0.1, 0.15) is 18.0 Å². The standard InChI is InChI=1S/C23H30BrF3N2O4/c1-7-8-14(28-21(30)33-22(4,5)6)12-31-20-16(24)9-10-17-19(20)15(23(25,26)27)11-18(29-17)32-13(2)3/h9-11,13-14H,7-8,12H2,1-6H3,(H,28,30). The monoisotopic (exact) mass is 534 g/mol. The molecule has 10 heteroatoms. The predicted molar refractivity (Wildman–Crippen MR) is 124 cm³/mol. The summed E-state index contributed by atoms with van der Waals surface area (Å²) in [6, 6.07) is 3.46. The summed E-state index contributed by atoms with van der Waals surface area (Å²) in [5.74, 6) is -0.121. The van der Waals surface area contributed by atoms with E-state index in [-0.39, 0.29) is 35.2 Å². The number of amides is 1. The van der Waals surface area contributed by atoms with Crippen molar-refractivity contribution in [3.63, 3.8) is 0 Å². The fraction of sp³-hybridized carbons (Fsp3) is 0.565. The number of hydrogen-bond acceptors (Lipinski definition) is 5. The normalized spacial score (nSPS) is 13.2. The maximum absolute atomic E-state index is 14.0. The summed E-state index contributed by atoms with van der Waals surface area (Å²) >= 11 is 3.29. The van der Waals surface area contributed by atoms with Crippen LogP contribution in [0.25, 0.3) is 10.9 Å². The SMILES string of the molecule is CCCC(COc1c(Br)ccc2nc(OC(C)C)cc(C(F)(F)F)c12)NC(=O)OC(C)(C)C. The van der Waals surface area contributed by atoms with Gasteiger partial charge in [-0.05, 0) is 69.1 Å². The van der Waals surface area contributed by atoms with Crippen LogP contribution < -0.4 is 14.8 Å². The lowest BCUT2D eigenvalue weighted by Gasteiger charge is -2.24. The highest BCUT2D eigenvalue weighted by molar-refractivity contribution is 9.10. The van der Waals surface area contributed by atoms with Crippen molar-refractivity contribution in [1.82, 2.24) is 10.3 Å². The summed E-state index contributed by atoms with van der Waals surface area (Å²) < 4.78 is 58.8. The average Bonchev–Trinajstić information content (AvgIpc) is 2.64. The van der Waals surface area contributed by atoms with Gasteiger partial charge in [0.25, 0.3) is 0 Å². The summed E-state index contributed by atoms with van der Waals surface area (Å²) in [6.45, 7) is 10.5. The molecule has 1 amide bonds. The third-order valence-electron chi connectivity index (χ3n) is 4.30. The predicted octanol–water partition coefficient (Wildman–Crippen LogP) is 6.88. The molecule has 1 N–H and O–H groups in total. The molecule has 0 bridgehead atoms. The van der Waals surface area contributed by atoms with Gasteiger partial charge in [-0.1, -0.05) is 13.3 Å². The Morgan fingerprint density at radius 2 is 1.88 bits per heavy atom. The number of alkyl carbamates (subject to hydrolysis) is 1. The molecule has 0 spiro atoms. The van der Waals surface area contributed by atoms with Gasteiger partial charge in [-0.15, -0.1) is 0 Å². The molecule has 2 rings (SSSR count). The minimum absolute atomic E-state index is 0.00415. The molecule has 0 aliphatic rings. The molecule has 0 fully saturated rings. The number of ether oxygens (including phenoxy) is 3. The second kappa shape index (κ2) is 10.8. The zero-order valence-electron chi connectivity index (χ0n) is 19.6. The Morgan fingerprint density at radius 3 is 2.42 bits per heavy atom. The first-order valence-corrected chi connectivity index (χ1v) is 11.5. The number of nitrogens with one attached hydrogen (secondary N) is 1. The Balaban J connectivity index is 2.42. The van der Waals surface area contributed by atoms with E-state index in [1.54, 1.807) is 40.7 Å². The molecular weight excluding hydrogens is 505 g/mol. The fourth-order valence-electron chi connectivity index (χ4n) is 3.12. The topological polar surface area (TPSA) is 69.7 Å². The van der Waals surface area contributed by atoms with Gasteiger partial charge in [-0.25, -0.2) is 9.78 Å². The smallest absolute Gasteiger partial charge is 0.417 e. The number of fused-ring (bicyclic) bond motifs is 1. The van der Waals surface area contributed by atoms with Gasteiger partial charge in [0.05, 0.1) is 33.1 Å². The van der Waals surface area contributed by atoms with Crippen LogP contribution in [-0.4, -0.2) is 35.4 Å². The molecule has 1 aromatic heterocycles. The molecule has 0 saturated carbocycles. The van der Waals surface area contributed by atoms with E-state index in [9.17, 15) is 18.0 Å². The second-order valence-electron chi connectivity index (χ2n) is 8.89. The van der Waals surface area contributed by atoms with E-state index < -0.39 is 29.5 Å². The average molecular weight is 535 g/mol. The van der Waals surface area contributed by atoms with Crippen LogP contribution in [0.15, 0.2) is 22.7 Å². The summed E-state index contributed by atoms with van der Waals surface area (Å²) in [7, 11) is 0. The number of carbonyl (C=O) groups excluding carboxylic acids is 1. The van der Waals surface area contributed by atoms with Crippen LogP contribution >= 0.6 is 15.9 Å². The van der Waals surface area contributed by atoms with Gasteiger partial charge in [0.2, 0.25) is 5.88 Å². The highest BCUT2D eigenvalue weighted by Crippen LogP contribution is 2.43. The Morgan fingerprint density at radius 1 is 1.21 bits per heavy atom. The minimum Gasteiger partial charge on any atom is -0.490 e. The van der Waals surface area contributed by atoms with E-state index in [4.69, 9.17) is 14.2 Å². The van der Waals surface area contributed by atoms with E-state index in [2.05, 4.69) is 26.2 Å². The first-order valence-electron chi connectivity index (χ1n) is 10.7. The lowest BCUT2D eigenvalue weighted by atomic mass is 10.1. The molecule has 1 unspecified atom stereocenters. The summed E-state index contributed by atoms with van der Waals surface area (Å²) in [5, 5.41) is 2.55. The molecule has 0 aliphatic heterocycles. The van der Waals surface area contributed by atoms with Crippen LogP contribution in [0.1, 0.15) is 59.9 Å². The van der Waals surface area contributed by atoms with Crippen molar-refractivity contribution in [1.29, 1.82) is 0 Å². The summed E-state index contributed by atoms with van der Waals surface area (Å²) in [5.41, 5.74) is -1.50. The third-order valence-corrected chi connectivity index (χ3v) is 4.93. The van der Waals surface area contributed by atoms with Gasteiger partial charge >= 0.3 is 12.3 Å². The maximum atomic E-state index is 14.0. The van der Waals surface area contributed by atoms with E-state index in [1.165, 1.54) is 6.07 Å². The number of pyridine rings is 1. The minimum atomic E-state index is -4.66. The molecule has 0 saturated heterocycles. The van der Waals surface area contributed by atoms with E-state index in [0.29, 0.717) is 10.9 Å². The van der Waals surface area contributed by atoms with Gasteiger partial charge in [-0.2, -0.15) is 13.2 Å². The lowest BCUT2D eigenvalue weighted by molar-refractivity contribution is -0.136. The van der Waals surface area contributed by atoms with Crippen LogP contribution in [0.2, 0.25) is 0 Å². The Kier molecular flexibility index (Phi) is 8.84. The first kappa shape index (κ1) is 27.0. The Bertz CT molecular complexity index is 975. The number of rotatable bonds is 8. The molecule has 184 valence electrons. The molecule has 0 radical (unpaired) electrons. The maximum Gasteiger partial charge on any atom is 0.417 e. The van der Waals surface area contributed by atoms with Crippen LogP contribution in [0, 0.1) is 0 Å². The molecule has 2 aromatic rings. The van der Waals surface area contributed by atoms with Crippen molar-refractivity contribution in [2.45, 2.75) is 78.3 Å². The number of nitrogens with zero attached hydrogens (tertiary/aromatic N) is 1. The number of benzene rings is 1. The van der Waals surface area contributed by atoms with Gasteiger partial charge in [-0.3, -0.25) is 0 Å². The quantitative estimate of drug-likeness (QED) is 0.399. The Hall–Kier alpha value is -2.23. The molecule has 6 nitrogen and oxygen atoms in total. The summed E-state index contributed by atoms with van der Waals surface area (Å²) in [6.07, 6.45) is -4.33. The van der Waals surface area contributed by atoms with Crippen LogP contribution in [-0.2, 0) is 10.9 Å². The molecule has 1 heterocycles. The number of aromatic nitrogens is 1. The number of carbonyl (C=O) groups is 1. The van der Waals surface area contributed by atoms with E-state index in [1.807, 2.05) is 6.92 Å². The van der Waals surface area contributed by atoms with Crippen molar-refractivity contribution in [2.24, 2.45) is 0 Å². The molecule has 0 aliphatic carbocycles. The number of alkyl halides is 3. The second-order valence-corrected chi connectivity index (χ2v) is 9.74. The van der Waals surface area contributed by atoms with Gasteiger partial charge in [0, 0.05) is 6.07 Å². The van der Waals surface area contributed by atoms with E-state index >= 15 is 0 Å². The number of hydrogen-bond donors (Lipinski definition) is 1. The van der Waals surface area contributed by atoms with Crippen LogP contribution in [0.4, 0.5) is 18.0 Å². The largest absolute Gasteiger partial charge is 0.490 e. The fourth-order valence-corrected chi connectivity index (χ4v) is 3.56. The number of halogens is 4. The Labute approximate surface area is 200 Å². The van der Waals surface area contributed by atoms with Crippen molar-refractivity contribution in [3.05, 3.63) is 28.2 Å². The van der Waals surface area contributed by atoms with Crippen molar-refractivity contribution >= 4 is 32.9 Å². The highest BCUT2D eigenvalue weighted by Gasteiger charge is 2.36. The lowest BCUT2D eigenvalue weighted by Crippen LogP contribution is -2.42. The first-order chi connectivity index (χ1) is 15.2. The molecule has 33 heavy (non-hydrogen) atoms. The molecular formula is C23H30BrF3N2O4. The zero-order chi connectivity index (χ0) is 25.0. The van der Waals surface area contributed by atoms with Crippen molar-refractivity contribution in [3.8, 4) is 11.6 Å².